The maximum Gasteiger partial charge on any atom is 0.191 e. The third-order valence-electron chi connectivity index (χ3n) is 1.56. The van der Waals surface area contributed by atoms with Gasteiger partial charge >= 0.3 is 0 Å². The molecular formula is C8H8N2O. The normalized spacial score (nSPS) is 10.5. The van der Waals surface area contributed by atoms with Crippen molar-refractivity contribution in [2.45, 2.75) is 0 Å². The van der Waals surface area contributed by atoms with E-state index in [1.165, 1.54) is 0 Å². The van der Waals surface area contributed by atoms with Gasteiger partial charge in [0.25, 0.3) is 0 Å². The second kappa shape index (κ2) is 1.92. The molecule has 0 aliphatic carbocycles. The Labute approximate surface area is 63.6 Å². The van der Waals surface area contributed by atoms with E-state index in [4.69, 9.17) is 15.9 Å². The first-order chi connectivity index (χ1) is 5.25. The van der Waals surface area contributed by atoms with Crippen molar-refractivity contribution in [3.63, 3.8) is 0 Å². The van der Waals surface area contributed by atoms with Crippen molar-refractivity contribution in [3.8, 4) is 0 Å². The predicted octanol–water partition coefficient (Wildman–Crippen LogP) is 1.60. The Morgan fingerprint density at radius 2 is 1.91 bits per heavy atom. The van der Waals surface area contributed by atoms with Crippen molar-refractivity contribution in [3.05, 3.63) is 24.3 Å². The van der Waals surface area contributed by atoms with Gasteiger partial charge in [-0.05, 0) is 18.2 Å². The molecule has 0 amide bonds. The van der Waals surface area contributed by atoms with Crippen molar-refractivity contribution in [1.82, 2.24) is 0 Å². The van der Waals surface area contributed by atoms with E-state index in [9.17, 15) is 0 Å². The van der Waals surface area contributed by atoms with Crippen LogP contribution >= 0.6 is 0 Å². The first-order valence-electron chi connectivity index (χ1n) is 3.30. The van der Waals surface area contributed by atoms with Crippen LogP contribution in [0.15, 0.2) is 28.7 Å². The number of hydrogen-bond donors (Lipinski definition) is 2. The summed E-state index contributed by atoms with van der Waals surface area (Å²) in [6.07, 6.45) is 0. The molecule has 0 saturated carbocycles. The van der Waals surface area contributed by atoms with Gasteiger partial charge in [-0.25, -0.2) is 0 Å². The van der Waals surface area contributed by atoms with E-state index >= 15 is 0 Å². The molecular weight excluding hydrogens is 140 g/mol. The molecule has 1 heterocycles. The quantitative estimate of drug-likeness (QED) is 0.557. The summed E-state index contributed by atoms with van der Waals surface area (Å²) in [7, 11) is 0. The number of anilines is 2. The lowest BCUT2D eigenvalue weighted by Gasteiger charge is -1.89. The van der Waals surface area contributed by atoms with Crippen LogP contribution in [0.5, 0.6) is 0 Å². The van der Waals surface area contributed by atoms with Crippen LogP contribution in [0.3, 0.4) is 0 Å². The van der Waals surface area contributed by atoms with Crippen LogP contribution in [0, 0.1) is 0 Å². The number of nitrogens with two attached hydrogens (primary N) is 2. The van der Waals surface area contributed by atoms with Crippen LogP contribution in [0.4, 0.5) is 11.6 Å². The molecule has 2 rings (SSSR count). The molecule has 1 aromatic heterocycles. The average Bonchev–Trinajstić information content (AvgIpc) is 2.27. The number of furan rings is 1. The standard InChI is InChI=1S/C8H8N2O/c9-6-1-2-7-5(3-6)4-8(10)11-7/h1-4H,9-10H2. The minimum atomic E-state index is 0.422. The highest BCUT2D eigenvalue weighted by Gasteiger charge is 1.98. The summed E-state index contributed by atoms with van der Waals surface area (Å²) in [5, 5.41) is 0.947. The maximum absolute atomic E-state index is 5.55. The molecule has 0 fully saturated rings. The summed E-state index contributed by atoms with van der Waals surface area (Å²) in [5.41, 5.74) is 12.5. The second-order valence-electron chi connectivity index (χ2n) is 2.45. The fourth-order valence-corrected chi connectivity index (χ4v) is 1.08. The van der Waals surface area contributed by atoms with E-state index in [-0.39, 0.29) is 0 Å². The summed E-state index contributed by atoms with van der Waals surface area (Å²) in [4.78, 5) is 0. The van der Waals surface area contributed by atoms with Gasteiger partial charge in [-0.2, -0.15) is 0 Å². The Hall–Kier alpha value is -1.64. The lowest BCUT2D eigenvalue weighted by molar-refractivity contribution is 0.637. The SMILES string of the molecule is Nc1ccc2oc(N)cc2c1. The molecule has 3 heteroatoms. The van der Waals surface area contributed by atoms with E-state index in [1.54, 1.807) is 18.2 Å². The van der Waals surface area contributed by atoms with Crippen LogP contribution in [0.1, 0.15) is 0 Å². The monoisotopic (exact) mass is 148 g/mol. The van der Waals surface area contributed by atoms with Gasteiger partial charge in [-0.1, -0.05) is 0 Å². The van der Waals surface area contributed by atoms with Gasteiger partial charge in [-0.15, -0.1) is 0 Å². The Morgan fingerprint density at radius 1 is 1.09 bits per heavy atom. The second-order valence-corrected chi connectivity index (χ2v) is 2.45. The molecule has 56 valence electrons. The Morgan fingerprint density at radius 3 is 2.73 bits per heavy atom. The number of fused-ring (bicyclic) bond motifs is 1. The fourth-order valence-electron chi connectivity index (χ4n) is 1.08. The van der Waals surface area contributed by atoms with Gasteiger partial charge in [-0.3, -0.25) is 0 Å². The van der Waals surface area contributed by atoms with Crippen LogP contribution in [0.2, 0.25) is 0 Å². The maximum atomic E-state index is 5.55. The molecule has 4 N–H and O–H groups in total. The van der Waals surface area contributed by atoms with E-state index in [2.05, 4.69) is 0 Å². The third kappa shape index (κ3) is 0.902. The Balaban J connectivity index is 2.82. The van der Waals surface area contributed by atoms with E-state index in [0.717, 1.165) is 16.7 Å². The molecule has 11 heavy (non-hydrogen) atoms. The Bertz CT molecular complexity index is 392. The number of benzene rings is 1. The first kappa shape index (κ1) is 6.09. The van der Waals surface area contributed by atoms with Gasteiger partial charge in [0.15, 0.2) is 5.88 Å². The summed E-state index contributed by atoms with van der Waals surface area (Å²) in [6, 6.07) is 7.17. The van der Waals surface area contributed by atoms with E-state index in [0.29, 0.717) is 5.88 Å². The molecule has 0 aliphatic heterocycles. The highest BCUT2D eigenvalue weighted by molar-refractivity contribution is 5.83. The van der Waals surface area contributed by atoms with Crippen molar-refractivity contribution in [2.75, 3.05) is 11.5 Å². The van der Waals surface area contributed by atoms with Gasteiger partial charge in [0, 0.05) is 17.1 Å². The largest absolute Gasteiger partial charge is 0.441 e. The van der Waals surface area contributed by atoms with Crippen LogP contribution in [-0.4, -0.2) is 0 Å². The molecule has 0 spiro atoms. The summed E-state index contributed by atoms with van der Waals surface area (Å²) in [5.74, 6) is 0.422. The average molecular weight is 148 g/mol. The van der Waals surface area contributed by atoms with Crippen molar-refractivity contribution < 1.29 is 4.42 Å². The summed E-state index contributed by atoms with van der Waals surface area (Å²) in [6.45, 7) is 0. The minimum Gasteiger partial charge on any atom is -0.441 e. The number of rotatable bonds is 0. The molecule has 2 aromatic rings. The predicted molar refractivity (Wildman–Crippen MR) is 45.0 cm³/mol. The Kier molecular flexibility index (Phi) is 1.06. The van der Waals surface area contributed by atoms with Crippen LogP contribution in [0.25, 0.3) is 11.0 Å². The smallest absolute Gasteiger partial charge is 0.191 e. The number of nitrogen functional groups attached to an aromatic ring is 2. The zero-order valence-electron chi connectivity index (χ0n) is 5.87. The summed E-state index contributed by atoms with van der Waals surface area (Å²) >= 11 is 0. The zero-order chi connectivity index (χ0) is 7.84. The minimum absolute atomic E-state index is 0.422. The number of hydrogen-bond acceptors (Lipinski definition) is 3. The van der Waals surface area contributed by atoms with Gasteiger partial charge in [0.2, 0.25) is 0 Å². The van der Waals surface area contributed by atoms with Crippen LogP contribution < -0.4 is 11.5 Å². The topological polar surface area (TPSA) is 65.2 Å². The molecule has 0 radical (unpaired) electrons. The zero-order valence-corrected chi connectivity index (χ0v) is 5.87. The van der Waals surface area contributed by atoms with Crippen molar-refractivity contribution >= 4 is 22.5 Å². The lowest BCUT2D eigenvalue weighted by atomic mass is 10.2. The van der Waals surface area contributed by atoms with Gasteiger partial charge in [0.05, 0.1) is 0 Å². The molecule has 0 saturated heterocycles. The van der Waals surface area contributed by atoms with Gasteiger partial charge in [0.1, 0.15) is 5.58 Å². The molecule has 0 unspecified atom stereocenters. The van der Waals surface area contributed by atoms with Crippen LogP contribution in [-0.2, 0) is 0 Å². The van der Waals surface area contributed by atoms with Crippen molar-refractivity contribution in [1.29, 1.82) is 0 Å². The first-order valence-corrected chi connectivity index (χ1v) is 3.30. The highest BCUT2D eigenvalue weighted by atomic mass is 16.3. The molecule has 3 nitrogen and oxygen atoms in total. The lowest BCUT2D eigenvalue weighted by Crippen LogP contribution is -1.80. The third-order valence-corrected chi connectivity index (χ3v) is 1.56. The molecule has 0 atom stereocenters. The summed E-state index contributed by atoms with van der Waals surface area (Å²) < 4.78 is 5.15. The molecule has 0 aliphatic rings. The highest BCUT2D eigenvalue weighted by Crippen LogP contribution is 2.22. The van der Waals surface area contributed by atoms with Crippen molar-refractivity contribution in [2.24, 2.45) is 0 Å². The molecule has 0 bridgehead atoms. The van der Waals surface area contributed by atoms with E-state index < -0.39 is 0 Å². The van der Waals surface area contributed by atoms with E-state index in [1.807, 2.05) is 6.07 Å². The molecule has 1 aromatic carbocycles. The fraction of sp³-hybridized carbons (Fsp3) is 0. The van der Waals surface area contributed by atoms with Gasteiger partial charge < -0.3 is 15.9 Å².